The molecule has 0 fully saturated rings. The average molecular weight is 263 g/mol. The summed E-state index contributed by atoms with van der Waals surface area (Å²) in [5.74, 6) is 0.675. The molecule has 3 nitrogen and oxygen atoms in total. The molecule has 1 heterocycles. The van der Waals surface area contributed by atoms with Gasteiger partial charge in [0.1, 0.15) is 0 Å². The van der Waals surface area contributed by atoms with E-state index in [1.165, 1.54) is 0 Å². The van der Waals surface area contributed by atoms with Gasteiger partial charge in [0, 0.05) is 28.6 Å². The van der Waals surface area contributed by atoms with Crippen LogP contribution < -0.4 is 0 Å². The smallest absolute Gasteiger partial charge is 0.159 e. The molecule has 0 aliphatic heterocycles. The van der Waals surface area contributed by atoms with Crippen LogP contribution in [-0.4, -0.2) is 21.7 Å². The van der Waals surface area contributed by atoms with Crippen LogP contribution in [0.3, 0.4) is 0 Å². The summed E-state index contributed by atoms with van der Waals surface area (Å²) in [4.78, 5) is 8.97. The Bertz CT molecular complexity index is 546. The SMILES string of the molecule is Cc1nc(-c2cccc(Cl)c2)nc(C)c1CCO. The molecule has 0 spiro atoms. The van der Waals surface area contributed by atoms with E-state index < -0.39 is 0 Å². The van der Waals surface area contributed by atoms with Gasteiger partial charge in [0.2, 0.25) is 0 Å². The van der Waals surface area contributed by atoms with Crippen LogP contribution in [0.2, 0.25) is 5.02 Å². The van der Waals surface area contributed by atoms with Crippen LogP contribution in [0.4, 0.5) is 0 Å². The maximum Gasteiger partial charge on any atom is 0.159 e. The number of nitrogens with zero attached hydrogens (tertiary/aromatic N) is 2. The largest absolute Gasteiger partial charge is 0.396 e. The van der Waals surface area contributed by atoms with Crippen LogP contribution in [-0.2, 0) is 6.42 Å². The Hall–Kier alpha value is -1.45. The number of hydrogen-bond donors (Lipinski definition) is 1. The highest BCUT2D eigenvalue weighted by Gasteiger charge is 2.09. The van der Waals surface area contributed by atoms with Gasteiger partial charge in [-0.15, -0.1) is 0 Å². The molecule has 1 aromatic heterocycles. The first-order valence-electron chi connectivity index (χ1n) is 5.82. The summed E-state index contributed by atoms with van der Waals surface area (Å²) < 4.78 is 0. The molecule has 0 aliphatic rings. The van der Waals surface area contributed by atoms with E-state index in [1.807, 2.05) is 38.1 Å². The summed E-state index contributed by atoms with van der Waals surface area (Å²) in [5.41, 5.74) is 3.74. The summed E-state index contributed by atoms with van der Waals surface area (Å²) in [5, 5.41) is 9.69. The van der Waals surface area contributed by atoms with Gasteiger partial charge in [-0.3, -0.25) is 0 Å². The highest BCUT2D eigenvalue weighted by Crippen LogP contribution is 2.21. The van der Waals surface area contributed by atoms with E-state index in [4.69, 9.17) is 16.7 Å². The number of rotatable bonds is 3. The molecule has 0 bridgehead atoms. The van der Waals surface area contributed by atoms with E-state index >= 15 is 0 Å². The third kappa shape index (κ3) is 2.68. The third-order valence-corrected chi connectivity index (χ3v) is 3.10. The summed E-state index contributed by atoms with van der Waals surface area (Å²) in [6.45, 7) is 3.99. The molecule has 18 heavy (non-hydrogen) atoms. The summed E-state index contributed by atoms with van der Waals surface area (Å²) in [6, 6.07) is 7.49. The van der Waals surface area contributed by atoms with Crippen molar-refractivity contribution in [3.63, 3.8) is 0 Å². The van der Waals surface area contributed by atoms with Gasteiger partial charge in [-0.2, -0.15) is 0 Å². The zero-order valence-electron chi connectivity index (χ0n) is 10.4. The van der Waals surface area contributed by atoms with Crippen LogP contribution in [0.25, 0.3) is 11.4 Å². The monoisotopic (exact) mass is 262 g/mol. The Kier molecular flexibility index (Phi) is 3.94. The second kappa shape index (κ2) is 5.46. The predicted octanol–water partition coefficient (Wildman–Crippen LogP) is 2.95. The van der Waals surface area contributed by atoms with Gasteiger partial charge in [0.25, 0.3) is 0 Å². The lowest BCUT2D eigenvalue weighted by Gasteiger charge is -2.10. The second-order valence-electron chi connectivity index (χ2n) is 4.18. The molecule has 0 aliphatic carbocycles. The summed E-state index contributed by atoms with van der Waals surface area (Å²) >= 11 is 5.97. The predicted molar refractivity (Wildman–Crippen MR) is 72.7 cm³/mol. The second-order valence-corrected chi connectivity index (χ2v) is 4.62. The minimum absolute atomic E-state index is 0.113. The molecule has 1 aromatic carbocycles. The van der Waals surface area contributed by atoms with Crippen molar-refractivity contribution in [1.29, 1.82) is 0 Å². The van der Waals surface area contributed by atoms with Crippen LogP contribution in [0.5, 0.6) is 0 Å². The third-order valence-electron chi connectivity index (χ3n) is 2.87. The Morgan fingerprint density at radius 2 is 1.83 bits per heavy atom. The molecule has 4 heteroatoms. The van der Waals surface area contributed by atoms with Crippen molar-refractivity contribution in [2.45, 2.75) is 20.3 Å². The van der Waals surface area contributed by atoms with E-state index in [0.29, 0.717) is 17.3 Å². The van der Waals surface area contributed by atoms with E-state index in [-0.39, 0.29) is 6.61 Å². The van der Waals surface area contributed by atoms with Crippen LogP contribution >= 0.6 is 11.6 Å². The fourth-order valence-electron chi connectivity index (χ4n) is 1.97. The number of benzene rings is 1. The van der Waals surface area contributed by atoms with Crippen molar-refractivity contribution in [2.24, 2.45) is 0 Å². The highest BCUT2D eigenvalue weighted by molar-refractivity contribution is 6.30. The van der Waals surface area contributed by atoms with Gasteiger partial charge in [-0.25, -0.2) is 9.97 Å². The van der Waals surface area contributed by atoms with Crippen molar-refractivity contribution < 1.29 is 5.11 Å². The lowest BCUT2D eigenvalue weighted by Crippen LogP contribution is -2.04. The standard InChI is InChI=1S/C14H15ClN2O/c1-9-13(6-7-18)10(2)17-14(16-9)11-4-3-5-12(15)8-11/h3-5,8,18H,6-7H2,1-2H3. The van der Waals surface area contributed by atoms with E-state index in [1.54, 1.807) is 0 Å². The van der Waals surface area contributed by atoms with E-state index in [2.05, 4.69) is 9.97 Å². The zero-order valence-corrected chi connectivity index (χ0v) is 11.2. The molecule has 0 unspecified atom stereocenters. The van der Waals surface area contributed by atoms with Gasteiger partial charge in [-0.1, -0.05) is 23.7 Å². The van der Waals surface area contributed by atoms with E-state index in [9.17, 15) is 0 Å². The van der Waals surface area contributed by atoms with Crippen molar-refractivity contribution in [1.82, 2.24) is 9.97 Å². The van der Waals surface area contributed by atoms with Gasteiger partial charge < -0.3 is 5.11 Å². The molecule has 0 saturated heterocycles. The maximum atomic E-state index is 9.02. The fraction of sp³-hybridized carbons (Fsp3) is 0.286. The maximum absolute atomic E-state index is 9.02. The quantitative estimate of drug-likeness (QED) is 0.925. The fourth-order valence-corrected chi connectivity index (χ4v) is 2.16. The summed E-state index contributed by atoms with van der Waals surface area (Å²) in [6.07, 6.45) is 0.591. The number of halogens is 1. The Balaban J connectivity index is 2.48. The van der Waals surface area contributed by atoms with Crippen LogP contribution in [0.1, 0.15) is 17.0 Å². The average Bonchev–Trinajstić information content (AvgIpc) is 2.33. The number of aromatic nitrogens is 2. The van der Waals surface area contributed by atoms with Gasteiger partial charge in [0.15, 0.2) is 5.82 Å². The lowest BCUT2D eigenvalue weighted by molar-refractivity contribution is 0.299. The molecule has 0 atom stereocenters. The number of hydrogen-bond acceptors (Lipinski definition) is 3. The highest BCUT2D eigenvalue weighted by atomic mass is 35.5. The van der Waals surface area contributed by atoms with Crippen molar-refractivity contribution in [3.05, 3.63) is 46.2 Å². The molecular formula is C14H15ClN2O. The molecule has 0 radical (unpaired) electrons. The molecule has 2 aromatic rings. The van der Waals surface area contributed by atoms with Crippen molar-refractivity contribution >= 4 is 11.6 Å². The molecular weight excluding hydrogens is 248 g/mol. The molecule has 0 saturated carbocycles. The zero-order chi connectivity index (χ0) is 13.1. The lowest BCUT2D eigenvalue weighted by atomic mass is 10.1. The molecule has 1 N–H and O–H groups in total. The summed E-state index contributed by atoms with van der Waals surface area (Å²) in [7, 11) is 0. The Morgan fingerprint density at radius 1 is 1.17 bits per heavy atom. The van der Waals surface area contributed by atoms with Crippen molar-refractivity contribution in [2.75, 3.05) is 6.61 Å². The Labute approximate surface area is 111 Å². The minimum Gasteiger partial charge on any atom is -0.396 e. The van der Waals surface area contributed by atoms with Crippen LogP contribution in [0, 0.1) is 13.8 Å². The van der Waals surface area contributed by atoms with Gasteiger partial charge in [-0.05, 0) is 38.0 Å². The number of aliphatic hydroxyl groups is 1. The van der Waals surface area contributed by atoms with Gasteiger partial charge in [0.05, 0.1) is 0 Å². The van der Waals surface area contributed by atoms with E-state index in [0.717, 1.165) is 22.5 Å². The van der Waals surface area contributed by atoms with Gasteiger partial charge >= 0.3 is 0 Å². The Morgan fingerprint density at radius 3 is 2.39 bits per heavy atom. The normalized spacial score (nSPS) is 10.7. The number of aliphatic hydroxyl groups excluding tert-OH is 1. The first-order chi connectivity index (χ1) is 8.61. The minimum atomic E-state index is 0.113. The van der Waals surface area contributed by atoms with Crippen LogP contribution in [0.15, 0.2) is 24.3 Å². The number of aryl methyl sites for hydroxylation is 2. The molecule has 0 amide bonds. The van der Waals surface area contributed by atoms with Crippen molar-refractivity contribution in [3.8, 4) is 11.4 Å². The topological polar surface area (TPSA) is 46.0 Å². The first-order valence-corrected chi connectivity index (χ1v) is 6.20. The molecule has 2 rings (SSSR count). The molecule has 94 valence electrons. The first kappa shape index (κ1) is 13.0.